The highest BCUT2D eigenvalue weighted by Crippen LogP contribution is 2.33. The highest BCUT2D eigenvalue weighted by Gasteiger charge is 2.24. The van der Waals surface area contributed by atoms with E-state index >= 15 is 0 Å². The minimum atomic E-state index is -0.555. The van der Waals surface area contributed by atoms with Crippen LogP contribution in [0.3, 0.4) is 0 Å². The first kappa shape index (κ1) is 14.9. The summed E-state index contributed by atoms with van der Waals surface area (Å²) >= 11 is 0. The predicted molar refractivity (Wildman–Crippen MR) is 89.1 cm³/mol. The summed E-state index contributed by atoms with van der Waals surface area (Å²) in [6.45, 7) is 1.80. The van der Waals surface area contributed by atoms with Crippen molar-refractivity contribution in [3.63, 3.8) is 0 Å². The molecule has 0 fully saturated rings. The van der Waals surface area contributed by atoms with E-state index in [0.29, 0.717) is 11.2 Å². The molecule has 0 aliphatic carbocycles. The van der Waals surface area contributed by atoms with Crippen molar-refractivity contribution in [3.8, 4) is 11.6 Å². The first-order valence-corrected chi connectivity index (χ1v) is 7.37. The molecule has 0 amide bonds. The molecule has 25 heavy (non-hydrogen) atoms. The maximum absolute atomic E-state index is 11.5. The summed E-state index contributed by atoms with van der Waals surface area (Å²) in [4.78, 5) is 26.5. The summed E-state index contributed by atoms with van der Waals surface area (Å²) in [7, 11) is 0. The molecule has 0 bridgehead atoms. The first-order chi connectivity index (χ1) is 12.0. The fourth-order valence-corrected chi connectivity index (χ4v) is 2.68. The Balaban J connectivity index is 1.84. The largest absolute Gasteiger partial charge is 0.432 e. The highest BCUT2D eigenvalue weighted by atomic mass is 16.6. The molecule has 1 aromatic carbocycles. The quantitative estimate of drug-likeness (QED) is 0.322. The Labute approximate surface area is 140 Å². The van der Waals surface area contributed by atoms with E-state index in [-0.39, 0.29) is 17.4 Å². The number of imidazole rings is 1. The summed E-state index contributed by atoms with van der Waals surface area (Å²) < 4.78 is 12.1. The molecular weight excluding hydrogens is 326 g/mol. The fourth-order valence-electron chi connectivity index (χ4n) is 2.68. The van der Waals surface area contributed by atoms with Gasteiger partial charge in [-0.2, -0.15) is 9.38 Å². The van der Waals surface area contributed by atoms with E-state index < -0.39 is 10.5 Å². The molecule has 124 valence electrons. The van der Waals surface area contributed by atoms with E-state index in [1.54, 1.807) is 37.3 Å². The van der Waals surface area contributed by atoms with Crippen LogP contribution in [-0.2, 0) is 0 Å². The molecule has 0 aliphatic rings. The lowest BCUT2D eigenvalue weighted by Gasteiger charge is -2.05. The van der Waals surface area contributed by atoms with Crippen molar-refractivity contribution >= 4 is 22.4 Å². The number of aryl methyl sites for hydroxylation is 1. The summed E-state index contributed by atoms with van der Waals surface area (Å²) in [5, 5.41) is 12.2. The lowest BCUT2D eigenvalue weighted by molar-refractivity contribution is -0.391. The van der Waals surface area contributed by atoms with Crippen molar-refractivity contribution in [2.45, 2.75) is 6.92 Å². The maximum atomic E-state index is 11.5. The van der Waals surface area contributed by atoms with Crippen LogP contribution in [0.15, 0.2) is 57.9 Å². The zero-order chi connectivity index (χ0) is 17.6. The van der Waals surface area contributed by atoms with Gasteiger partial charge in [0, 0.05) is 23.6 Å². The zero-order valence-electron chi connectivity index (χ0n) is 13.0. The van der Waals surface area contributed by atoms with Gasteiger partial charge in [0.2, 0.25) is 5.65 Å². The van der Waals surface area contributed by atoms with Crippen LogP contribution in [0.4, 0.5) is 5.82 Å². The molecule has 8 heteroatoms. The van der Waals surface area contributed by atoms with Crippen LogP contribution in [0.2, 0.25) is 0 Å². The van der Waals surface area contributed by atoms with E-state index in [0.717, 1.165) is 10.9 Å². The maximum Gasteiger partial charge on any atom is 0.392 e. The number of hydrogen-bond acceptors (Lipinski definition) is 6. The molecule has 0 unspecified atom stereocenters. The smallest absolute Gasteiger partial charge is 0.392 e. The number of nitro groups is 1. The average Bonchev–Trinajstić information content (AvgIpc) is 2.92. The van der Waals surface area contributed by atoms with Crippen LogP contribution in [0.25, 0.3) is 16.6 Å². The molecule has 8 nitrogen and oxygen atoms in total. The van der Waals surface area contributed by atoms with Gasteiger partial charge in [0.05, 0.1) is 6.20 Å². The van der Waals surface area contributed by atoms with Gasteiger partial charge in [-0.3, -0.25) is 0 Å². The van der Waals surface area contributed by atoms with Crippen molar-refractivity contribution in [2.75, 3.05) is 0 Å². The van der Waals surface area contributed by atoms with Crippen molar-refractivity contribution in [2.24, 2.45) is 0 Å². The Morgan fingerprint density at radius 1 is 1.24 bits per heavy atom. The summed E-state index contributed by atoms with van der Waals surface area (Å²) in [5.41, 5.74) is 1.04. The molecule has 4 rings (SSSR count). The van der Waals surface area contributed by atoms with Crippen molar-refractivity contribution < 1.29 is 14.1 Å². The Morgan fingerprint density at radius 3 is 2.88 bits per heavy atom. The van der Waals surface area contributed by atoms with Gasteiger partial charge in [0.25, 0.3) is 0 Å². The van der Waals surface area contributed by atoms with Crippen LogP contribution in [0.1, 0.15) is 5.56 Å². The predicted octanol–water partition coefficient (Wildman–Crippen LogP) is 3.45. The van der Waals surface area contributed by atoms with Crippen LogP contribution in [0.5, 0.6) is 11.6 Å². The third kappa shape index (κ3) is 2.49. The second-order valence-electron chi connectivity index (χ2n) is 5.43. The monoisotopic (exact) mass is 337 g/mol. The Bertz CT molecular complexity index is 1190. The Kier molecular flexibility index (Phi) is 3.24. The molecule has 0 radical (unpaired) electrons. The number of fused-ring (bicyclic) bond motifs is 2. The van der Waals surface area contributed by atoms with Crippen molar-refractivity contribution in [1.82, 2.24) is 9.38 Å². The number of hydrogen-bond donors (Lipinski definition) is 0. The van der Waals surface area contributed by atoms with Gasteiger partial charge < -0.3 is 19.3 Å². The van der Waals surface area contributed by atoms with Crippen LogP contribution < -0.4 is 10.4 Å². The second kappa shape index (κ2) is 5.45. The molecule has 0 atom stereocenters. The van der Waals surface area contributed by atoms with E-state index in [1.165, 1.54) is 22.7 Å². The van der Waals surface area contributed by atoms with Crippen LogP contribution >= 0.6 is 0 Å². The van der Waals surface area contributed by atoms with Crippen LogP contribution in [-0.4, -0.2) is 14.3 Å². The lowest BCUT2D eigenvalue weighted by Crippen LogP contribution is -1.98. The zero-order valence-corrected chi connectivity index (χ0v) is 13.0. The molecule has 0 saturated carbocycles. The summed E-state index contributed by atoms with van der Waals surface area (Å²) in [6.07, 6.45) is 1.54. The number of nitrogens with zero attached hydrogens (tertiary/aromatic N) is 3. The van der Waals surface area contributed by atoms with E-state index in [4.69, 9.17) is 9.15 Å². The fraction of sp³-hybridized carbons (Fsp3) is 0.0588. The van der Waals surface area contributed by atoms with Gasteiger partial charge >= 0.3 is 17.3 Å². The number of aromatic nitrogens is 2. The standard InChI is InChI=1S/C17H11N3O5/c1-10-8-15(21)25-13-9-11(5-6-12(10)13)24-16-17(20(22)23)19-7-3-2-4-14(19)18-16/h2-9H,1H3. The minimum absolute atomic E-state index is 0.134. The van der Waals surface area contributed by atoms with E-state index in [1.807, 2.05) is 0 Å². The topological polar surface area (TPSA) is 99.9 Å². The molecule has 3 aromatic heterocycles. The molecule has 0 aliphatic heterocycles. The molecule has 0 saturated heterocycles. The third-order valence-corrected chi connectivity index (χ3v) is 3.78. The normalized spacial score (nSPS) is 11.1. The molecule has 0 N–H and O–H groups in total. The van der Waals surface area contributed by atoms with Gasteiger partial charge in [-0.1, -0.05) is 6.07 Å². The van der Waals surface area contributed by atoms with Crippen molar-refractivity contribution in [1.29, 1.82) is 0 Å². The van der Waals surface area contributed by atoms with Crippen molar-refractivity contribution in [3.05, 3.63) is 74.8 Å². The molecule has 4 aromatic rings. The third-order valence-electron chi connectivity index (χ3n) is 3.78. The molecule has 3 heterocycles. The number of ether oxygens (including phenoxy) is 1. The van der Waals surface area contributed by atoms with Crippen LogP contribution in [0, 0.1) is 17.0 Å². The Morgan fingerprint density at radius 2 is 2.08 bits per heavy atom. The Hall–Kier alpha value is -3.68. The lowest BCUT2D eigenvalue weighted by atomic mass is 10.1. The second-order valence-corrected chi connectivity index (χ2v) is 5.43. The highest BCUT2D eigenvalue weighted by molar-refractivity contribution is 5.81. The number of pyridine rings is 1. The van der Waals surface area contributed by atoms with E-state index in [9.17, 15) is 14.9 Å². The van der Waals surface area contributed by atoms with Gasteiger partial charge in [-0.05, 0) is 35.6 Å². The van der Waals surface area contributed by atoms with Gasteiger partial charge in [0.15, 0.2) is 0 Å². The van der Waals surface area contributed by atoms with Gasteiger partial charge in [-0.25, -0.2) is 4.79 Å². The molecule has 0 spiro atoms. The SMILES string of the molecule is Cc1cc(=O)oc2cc(Oc3nc4ccccn4c3[N+](=O)[O-])ccc12. The summed E-state index contributed by atoms with van der Waals surface area (Å²) in [6, 6.07) is 11.3. The van der Waals surface area contributed by atoms with E-state index in [2.05, 4.69) is 4.98 Å². The number of rotatable bonds is 3. The average molecular weight is 337 g/mol. The minimum Gasteiger partial charge on any atom is -0.432 e. The number of benzene rings is 1. The summed E-state index contributed by atoms with van der Waals surface area (Å²) in [5.74, 6) is -0.125. The first-order valence-electron chi connectivity index (χ1n) is 7.37. The molecular formula is C17H11N3O5. The van der Waals surface area contributed by atoms with Gasteiger partial charge in [0.1, 0.15) is 11.3 Å². The van der Waals surface area contributed by atoms with Gasteiger partial charge in [-0.15, -0.1) is 0 Å².